The number of esters is 1. The second-order valence-electron chi connectivity index (χ2n) is 11.6. The second-order valence-corrected chi connectivity index (χ2v) is 12.0. The average molecular weight is 601 g/mol. The van der Waals surface area contributed by atoms with Gasteiger partial charge in [0.1, 0.15) is 11.6 Å². The lowest BCUT2D eigenvalue weighted by molar-refractivity contribution is -0.144. The van der Waals surface area contributed by atoms with E-state index < -0.39 is 17.9 Å². The van der Waals surface area contributed by atoms with Gasteiger partial charge in [-0.3, -0.25) is 4.79 Å². The van der Waals surface area contributed by atoms with Crippen molar-refractivity contribution in [1.29, 1.82) is 0 Å². The number of methoxy groups -OCH3 is 1. The van der Waals surface area contributed by atoms with Crippen LogP contribution in [0.25, 0.3) is 0 Å². The SMILES string of the molecule is COC(=O)[C@@H](NC(=O)c1cnc(NC2CCC2)nc1N1CC(c2ccccc2)C(c2ccc(Cl)cc2)=N1)C1CCCCC1. The van der Waals surface area contributed by atoms with Crippen LogP contribution in [-0.4, -0.2) is 53.3 Å². The molecule has 0 saturated heterocycles. The number of carbonyl (C=O) groups excluding carboxylic acids is 2. The molecule has 2 saturated carbocycles. The summed E-state index contributed by atoms with van der Waals surface area (Å²) in [5, 5.41) is 13.9. The van der Waals surface area contributed by atoms with Crippen LogP contribution in [0, 0.1) is 5.92 Å². The zero-order valence-corrected chi connectivity index (χ0v) is 25.1. The van der Waals surface area contributed by atoms with Gasteiger partial charge in [0.2, 0.25) is 5.95 Å². The lowest BCUT2D eigenvalue weighted by Crippen LogP contribution is -2.47. The zero-order valence-electron chi connectivity index (χ0n) is 24.3. The van der Waals surface area contributed by atoms with Gasteiger partial charge in [-0.05, 0) is 61.3 Å². The van der Waals surface area contributed by atoms with E-state index in [2.05, 4.69) is 27.8 Å². The van der Waals surface area contributed by atoms with Crippen molar-refractivity contribution in [3.8, 4) is 0 Å². The molecule has 2 fully saturated rings. The number of hydrogen-bond acceptors (Lipinski definition) is 8. The van der Waals surface area contributed by atoms with Crippen molar-refractivity contribution in [3.63, 3.8) is 0 Å². The highest BCUT2D eigenvalue weighted by molar-refractivity contribution is 6.30. The van der Waals surface area contributed by atoms with E-state index in [9.17, 15) is 9.59 Å². The first-order chi connectivity index (χ1) is 21.0. The Bertz CT molecular complexity index is 1470. The fraction of sp³-hybridized carbons (Fsp3) is 0.424. The van der Waals surface area contributed by atoms with Crippen LogP contribution < -0.4 is 15.6 Å². The molecule has 1 amide bonds. The molecule has 0 spiro atoms. The van der Waals surface area contributed by atoms with Gasteiger partial charge in [-0.15, -0.1) is 0 Å². The highest BCUT2D eigenvalue weighted by Gasteiger charge is 2.36. The Hall–Kier alpha value is -3.98. The minimum atomic E-state index is -0.734. The van der Waals surface area contributed by atoms with E-state index in [1.807, 2.05) is 42.5 Å². The number of anilines is 2. The largest absolute Gasteiger partial charge is 0.467 e. The highest BCUT2D eigenvalue weighted by atomic mass is 35.5. The summed E-state index contributed by atoms with van der Waals surface area (Å²) in [5.74, 6) is -0.0398. The van der Waals surface area contributed by atoms with E-state index in [0.717, 1.165) is 61.8 Å². The zero-order chi connectivity index (χ0) is 29.8. The first-order valence-corrected chi connectivity index (χ1v) is 15.6. The number of aromatic nitrogens is 2. The summed E-state index contributed by atoms with van der Waals surface area (Å²) in [7, 11) is 1.36. The molecular formula is C33H37ClN6O3. The smallest absolute Gasteiger partial charge is 0.328 e. The van der Waals surface area contributed by atoms with Crippen LogP contribution >= 0.6 is 11.6 Å². The Labute approximate surface area is 257 Å². The number of carbonyl (C=O) groups is 2. The van der Waals surface area contributed by atoms with Gasteiger partial charge in [0, 0.05) is 23.2 Å². The Balaban J connectivity index is 1.37. The lowest BCUT2D eigenvalue weighted by atomic mass is 9.83. The first kappa shape index (κ1) is 29.1. The quantitative estimate of drug-likeness (QED) is 0.292. The van der Waals surface area contributed by atoms with Crippen LogP contribution in [0.4, 0.5) is 11.8 Å². The fourth-order valence-electron chi connectivity index (χ4n) is 6.18. The van der Waals surface area contributed by atoms with Crippen molar-refractivity contribution in [2.75, 3.05) is 24.0 Å². The molecule has 6 rings (SSSR count). The molecule has 2 heterocycles. The Kier molecular flexibility index (Phi) is 8.88. The molecule has 1 aliphatic heterocycles. The van der Waals surface area contributed by atoms with Crippen molar-refractivity contribution in [1.82, 2.24) is 15.3 Å². The molecule has 2 N–H and O–H groups in total. The van der Waals surface area contributed by atoms with Crippen molar-refractivity contribution in [3.05, 3.63) is 82.5 Å². The van der Waals surface area contributed by atoms with Crippen LogP contribution in [0.15, 0.2) is 65.9 Å². The van der Waals surface area contributed by atoms with E-state index in [1.165, 1.54) is 13.5 Å². The first-order valence-electron chi connectivity index (χ1n) is 15.2. The maximum Gasteiger partial charge on any atom is 0.328 e. The number of nitrogens with zero attached hydrogens (tertiary/aromatic N) is 4. The standard InChI is InChI=1S/C33H37ClN6O3/c1-43-32(42)29(22-11-6-3-7-12-22)37-31(41)26-19-35-33(36-25-13-8-14-25)38-30(26)40-20-27(21-9-4-2-5-10-21)28(39-40)23-15-17-24(34)18-16-23/h2,4-5,9-10,15-19,22,25,27,29H,3,6-8,11-14,20H2,1H3,(H,37,41)(H,35,36,38)/t27?,29-/m0/s1. The number of halogens is 1. The van der Waals surface area contributed by atoms with Crippen molar-refractivity contribution >= 4 is 41.0 Å². The lowest BCUT2D eigenvalue weighted by Gasteiger charge is -2.29. The third kappa shape index (κ3) is 6.51. The van der Waals surface area contributed by atoms with Crippen LogP contribution in [0.3, 0.4) is 0 Å². The molecule has 3 aliphatic rings. The number of hydrazone groups is 1. The predicted octanol–water partition coefficient (Wildman–Crippen LogP) is 5.95. The summed E-state index contributed by atoms with van der Waals surface area (Å²) in [5.41, 5.74) is 3.17. The molecule has 43 heavy (non-hydrogen) atoms. The summed E-state index contributed by atoms with van der Waals surface area (Å²) in [6.07, 6.45) is 9.75. The number of nitrogens with one attached hydrogen (secondary N) is 2. The maximum absolute atomic E-state index is 13.9. The van der Waals surface area contributed by atoms with Gasteiger partial charge in [-0.2, -0.15) is 10.1 Å². The van der Waals surface area contributed by atoms with Crippen molar-refractivity contribution in [2.24, 2.45) is 11.0 Å². The highest BCUT2D eigenvalue weighted by Crippen LogP contribution is 2.34. The number of amides is 1. The van der Waals surface area contributed by atoms with E-state index in [-0.39, 0.29) is 17.4 Å². The molecule has 1 unspecified atom stereocenters. The number of ether oxygens (including phenoxy) is 1. The van der Waals surface area contributed by atoms with Gasteiger partial charge < -0.3 is 15.4 Å². The fourth-order valence-corrected chi connectivity index (χ4v) is 6.31. The Morgan fingerprint density at radius 1 is 0.977 bits per heavy atom. The molecule has 0 bridgehead atoms. The van der Waals surface area contributed by atoms with Gasteiger partial charge in [-0.1, -0.05) is 73.3 Å². The van der Waals surface area contributed by atoms with Crippen LogP contribution in [0.5, 0.6) is 0 Å². The van der Waals surface area contributed by atoms with E-state index in [4.69, 9.17) is 26.4 Å². The molecule has 0 radical (unpaired) electrons. The van der Waals surface area contributed by atoms with Gasteiger partial charge in [0.15, 0.2) is 5.82 Å². The molecule has 3 aromatic rings. The Morgan fingerprint density at radius 2 is 1.72 bits per heavy atom. The van der Waals surface area contributed by atoms with Crippen molar-refractivity contribution in [2.45, 2.75) is 69.4 Å². The summed E-state index contributed by atoms with van der Waals surface area (Å²) in [6.45, 7) is 0.477. The van der Waals surface area contributed by atoms with Gasteiger partial charge in [0.25, 0.3) is 5.91 Å². The third-order valence-electron chi connectivity index (χ3n) is 8.82. The van der Waals surface area contributed by atoms with Gasteiger partial charge in [-0.25, -0.2) is 14.8 Å². The van der Waals surface area contributed by atoms with Crippen molar-refractivity contribution < 1.29 is 14.3 Å². The topological polar surface area (TPSA) is 109 Å². The van der Waals surface area contributed by atoms with E-state index >= 15 is 0 Å². The molecule has 224 valence electrons. The molecule has 2 aliphatic carbocycles. The molecule has 10 heteroatoms. The number of benzene rings is 2. The molecule has 1 aromatic heterocycles. The monoisotopic (exact) mass is 600 g/mol. The molecule has 9 nitrogen and oxygen atoms in total. The number of rotatable bonds is 9. The molecule has 2 aromatic carbocycles. The van der Waals surface area contributed by atoms with Crippen LogP contribution in [0.2, 0.25) is 5.02 Å². The third-order valence-corrected chi connectivity index (χ3v) is 9.07. The summed E-state index contributed by atoms with van der Waals surface area (Å²) in [4.78, 5) is 36.1. The van der Waals surface area contributed by atoms with Crippen LogP contribution in [-0.2, 0) is 9.53 Å². The van der Waals surface area contributed by atoms with Gasteiger partial charge in [0.05, 0.1) is 19.4 Å². The number of hydrogen-bond donors (Lipinski definition) is 2. The normalized spacial score (nSPS) is 19.7. The minimum Gasteiger partial charge on any atom is -0.467 e. The summed E-state index contributed by atoms with van der Waals surface area (Å²) >= 11 is 6.21. The Morgan fingerprint density at radius 3 is 2.40 bits per heavy atom. The molecular weight excluding hydrogens is 564 g/mol. The average Bonchev–Trinajstić information content (AvgIpc) is 3.48. The second kappa shape index (κ2) is 13.1. The maximum atomic E-state index is 13.9. The summed E-state index contributed by atoms with van der Waals surface area (Å²) < 4.78 is 5.11. The summed E-state index contributed by atoms with van der Waals surface area (Å²) in [6, 6.07) is 17.4. The minimum absolute atomic E-state index is 0.0258. The predicted molar refractivity (Wildman–Crippen MR) is 168 cm³/mol. The van der Waals surface area contributed by atoms with E-state index in [1.54, 1.807) is 11.2 Å². The molecule has 2 atom stereocenters. The van der Waals surface area contributed by atoms with Crippen LogP contribution in [0.1, 0.15) is 78.8 Å². The van der Waals surface area contributed by atoms with E-state index in [0.29, 0.717) is 29.4 Å². The van der Waals surface area contributed by atoms with Gasteiger partial charge >= 0.3 is 5.97 Å².